The summed E-state index contributed by atoms with van der Waals surface area (Å²) in [5, 5.41) is 15.2. The maximum absolute atomic E-state index is 11.9. The number of nitrogens with one attached hydrogen (secondary N) is 1. The Balaban J connectivity index is 2.52. The highest BCUT2D eigenvalue weighted by Gasteiger charge is 2.20. The number of carboxylic acids is 1. The van der Waals surface area contributed by atoms with E-state index in [0.29, 0.717) is 19.0 Å². The van der Waals surface area contributed by atoms with Crippen LogP contribution in [0.25, 0.3) is 0 Å². The van der Waals surface area contributed by atoms with Crippen LogP contribution in [0, 0.1) is 0 Å². The minimum absolute atomic E-state index is 0.0115. The van der Waals surface area contributed by atoms with Crippen LogP contribution in [0.15, 0.2) is 10.6 Å². The maximum atomic E-state index is 11.9. The van der Waals surface area contributed by atoms with E-state index >= 15 is 0 Å². The van der Waals surface area contributed by atoms with Crippen LogP contribution in [0.3, 0.4) is 0 Å². The van der Waals surface area contributed by atoms with E-state index in [1.165, 1.54) is 0 Å². The van der Waals surface area contributed by atoms with Gasteiger partial charge in [0.15, 0.2) is 0 Å². The number of carbonyl (C=O) groups excluding carboxylic acids is 1. The van der Waals surface area contributed by atoms with E-state index in [9.17, 15) is 9.59 Å². The van der Waals surface area contributed by atoms with Crippen molar-refractivity contribution >= 4 is 17.8 Å². The zero-order valence-corrected chi connectivity index (χ0v) is 13.0. The second kappa shape index (κ2) is 7.21. The lowest BCUT2D eigenvalue weighted by atomic mass is 9.92. The Morgan fingerprint density at radius 1 is 1.43 bits per heavy atom. The summed E-state index contributed by atoms with van der Waals surface area (Å²) < 4.78 is 5.08. The van der Waals surface area contributed by atoms with Crippen molar-refractivity contribution < 1.29 is 19.2 Å². The fourth-order valence-electron chi connectivity index (χ4n) is 1.67. The number of aliphatic carboxylic acids is 1. The minimum Gasteiger partial charge on any atom is -0.481 e. The molecule has 0 aliphatic carbocycles. The number of likely N-dealkylation sites (N-methyl/N-ethyl adjacent to an activating group) is 1. The summed E-state index contributed by atoms with van der Waals surface area (Å²) in [5.74, 6) is -0.822. The molecule has 1 heterocycles. The zero-order valence-electron chi connectivity index (χ0n) is 13.0. The SMILES string of the molecule is CCN(CCC(=O)O)CC(=O)Nc1cc(C(C)(C)C)no1. The van der Waals surface area contributed by atoms with Crippen molar-refractivity contribution in [3.8, 4) is 0 Å². The van der Waals surface area contributed by atoms with E-state index in [0.717, 1.165) is 5.69 Å². The number of nitrogens with zero attached hydrogens (tertiary/aromatic N) is 2. The van der Waals surface area contributed by atoms with Crippen LogP contribution in [0.2, 0.25) is 0 Å². The average molecular weight is 297 g/mol. The molecule has 0 aromatic carbocycles. The van der Waals surface area contributed by atoms with Crippen molar-refractivity contribution in [2.75, 3.05) is 25.0 Å². The monoisotopic (exact) mass is 297 g/mol. The first-order valence-electron chi connectivity index (χ1n) is 6.93. The van der Waals surface area contributed by atoms with Crippen LogP contribution in [0.1, 0.15) is 39.8 Å². The molecule has 0 saturated heterocycles. The van der Waals surface area contributed by atoms with E-state index in [-0.39, 0.29) is 24.3 Å². The van der Waals surface area contributed by atoms with Gasteiger partial charge in [0, 0.05) is 18.0 Å². The van der Waals surface area contributed by atoms with Crippen molar-refractivity contribution in [1.29, 1.82) is 0 Å². The first-order chi connectivity index (χ1) is 9.72. The third-order valence-electron chi connectivity index (χ3n) is 3.00. The van der Waals surface area contributed by atoms with Crippen LogP contribution >= 0.6 is 0 Å². The normalized spacial score (nSPS) is 11.7. The molecule has 0 aliphatic heterocycles. The number of aromatic nitrogens is 1. The van der Waals surface area contributed by atoms with Crippen molar-refractivity contribution in [3.63, 3.8) is 0 Å². The lowest BCUT2D eigenvalue weighted by Crippen LogP contribution is -2.34. The Labute approximate surface area is 124 Å². The van der Waals surface area contributed by atoms with Gasteiger partial charge in [0.1, 0.15) is 0 Å². The molecule has 118 valence electrons. The fourth-order valence-corrected chi connectivity index (χ4v) is 1.67. The molecule has 0 unspecified atom stereocenters. The van der Waals surface area contributed by atoms with Crippen LogP contribution in [0.5, 0.6) is 0 Å². The van der Waals surface area contributed by atoms with Crippen molar-refractivity contribution in [2.24, 2.45) is 0 Å². The molecule has 0 aliphatic rings. The Morgan fingerprint density at radius 2 is 2.10 bits per heavy atom. The second-order valence-corrected chi connectivity index (χ2v) is 5.89. The Hall–Kier alpha value is -1.89. The largest absolute Gasteiger partial charge is 0.481 e. The molecule has 0 spiro atoms. The molecule has 0 saturated carbocycles. The van der Waals surface area contributed by atoms with E-state index in [1.807, 2.05) is 27.7 Å². The molecular weight excluding hydrogens is 274 g/mol. The van der Waals surface area contributed by atoms with Crippen LogP contribution in [-0.4, -0.2) is 46.7 Å². The fraction of sp³-hybridized carbons (Fsp3) is 0.643. The van der Waals surface area contributed by atoms with Crippen molar-refractivity contribution in [3.05, 3.63) is 11.8 Å². The van der Waals surface area contributed by atoms with Crippen molar-refractivity contribution in [1.82, 2.24) is 10.1 Å². The van der Waals surface area contributed by atoms with Crippen LogP contribution in [-0.2, 0) is 15.0 Å². The third-order valence-corrected chi connectivity index (χ3v) is 3.00. The molecule has 0 radical (unpaired) electrons. The average Bonchev–Trinajstić information content (AvgIpc) is 2.82. The Kier molecular flexibility index (Phi) is 5.90. The molecule has 21 heavy (non-hydrogen) atoms. The molecule has 7 heteroatoms. The summed E-state index contributed by atoms with van der Waals surface area (Å²) >= 11 is 0. The van der Waals surface area contributed by atoms with Gasteiger partial charge >= 0.3 is 5.97 Å². The molecule has 1 rings (SSSR count). The number of carboxylic acid groups (broad SMARTS) is 1. The first-order valence-corrected chi connectivity index (χ1v) is 6.93. The molecule has 0 atom stereocenters. The number of anilines is 1. The highest BCUT2D eigenvalue weighted by Crippen LogP contribution is 2.23. The molecule has 1 aromatic heterocycles. The van der Waals surface area contributed by atoms with Gasteiger partial charge in [-0.1, -0.05) is 32.9 Å². The van der Waals surface area contributed by atoms with Crippen LogP contribution < -0.4 is 5.32 Å². The summed E-state index contributed by atoms with van der Waals surface area (Å²) in [4.78, 5) is 24.2. The van der Waals surface area contributed by atoms with E-state index in [1.54, 1.807) is 11.0 Å². The smallest absolute Gasteiger partial charge is 0.304 e. The second-order valence-electron chi connectivity index (χ2n) is 5.89. The maximum Gasteiger partial charge on any atom is 0.304 e. The molecule has 1 amide bonds. The molecule has 1 aromatic rings. The number of hydrogen-bond donors (Lipinski definition) is 2. The van der Waals surface area contributed by atoms with Crippen LogP contribution in [0.4, 0.5) is 5.88 Å². The molecular formula is C14H23N3O4. The predicted molar refractivity (Wildman–Crippen MR) is 78.2 cm³/mol. The molecule has 0 fully saturated rings. The number of amides is 1. The Morgan fingerprint density at radius 3 is 2.57 bits per heavy atom. The molecule has 2 N–H and O–H groups in total. The highest BCUT2D eigenvalue weighted by molar-refractivity contribution is 5.91. The van der Waals surface area contributed by atoms with E-state index < -0.39 is 5.97 Å². The zero-order chi connectivity index (χ0) is 16.0. The van der Waals surface area contributed by atoms with Gasteiger partial charge in [-0.15, -0.1) is 0 Å². The van der Waals surface area contributed by atoms with Gasteiger partial charge in [0.05, 0.1) is 18.7 Å². The van der Waals surface area contributed by atoms with Gasteiger partial charge < -0.3 is 9.63 Å². The lowest BCUT2D eigenvalue weighted by molar-refractivity contribution is -0.137. The van der Waals surface area contributed by atoms with Gasteiger partial charge in [0.2, 0.25) is 11.8 Å². The molecule has 0 bridgehead atoms. The minimum atomic E-state index is -0.876. The number of carbonyl (C=O) groups is 2. The van der Waals surface area contributed by atoms with Gasteiger partial charge in [-0.05, 0) is 6.54 Å². The summed E-state index contributed by atoms with van der Waals surface area (Å²) in [5.41, 5.74) is 0.611. The summed E-state index contributed by atoms with van der Waals surface area (Å²) in [7, 11) is 0. The predicted octanol–water partition coefficient (Wildman–Crippen LogP) is 1.71. The van der Waals surface area contributed by atoms with Gasteiger partial charge in [-0.3, -0.25) is 19.8 Å². The summed E-state index contributed by atoms with van der Waals surface area (Å²) in [6.07, 6.45) is 0.0115. The summed E-state index contributed by atoms with van der Waals surface area (Å²) in [6, 6.07) is 1.70. The first kappa shape index (κ1) is 17.2. The molecule has 7 nitrogen and oxygen atoms in total. The van der Waals surface area contributed by atoms with Crippen molar-refractivity contribution in [2.45, 2.75) is 39.5 Å². The topological polar surface area (TPSA) is 95.7 Å². The number of hydrogen-bond acceptors (Lipinski definition) is 5. The Bertz CT molecular complexity index is 491. The van der Waals surface area contributed by atoms with E-state index in [2.05, 4.69) is 10.5 Å². The quantitative estimate of drug-likeness (QED) is 0.795. The lowest BCUT2D eigenvalue weighted by Gasteiger charge is -2.18. The standard InChI is InChI=1S/C14H23N3O4/c1-5-17(7-6-13(19)20)9-11(18)15-12-8-10(16-21-12)14(2,3)4/h8H,5-7,9H2,1-4H3,(H,15,18)(H,19,20). The third kappa shape index (κ3) is 5.95. The van der Waals surface area contributed by atoms with Gasteiger partial charge in [-0.25, -0.2) is 0 Å². The number of rotatable bonds is 7. The highest BCUT2D eigenvalue weighted by atomic mass is 16.5. The van der Waals surface area contributed by atoms with Gasteiger partial charge in [-0.2, -0.15) is 0 Å². The van der Waals surface area contributed by atoms with E-state index in [4.69, 9.17) is 9.63 Å². The summed E-state index contributed by atoms with van der Waals surface area (Å²) in [6.45, 7) is 8.94. The van der Waals surface area contributed by atoms with Gasteiger partial charge in [0.25, 0.3) is 0 Å².